The standard InChI is InChI=1S/C20H21BrN4O2/c1-24(2)10-9-22-11-14-12-7-8-13(21)17-19(12)25(23-14)15-5-4-6-16(27-3)18(15)20(17)26/h4-8,22H,9-11H2,1-3H3. The monoisotopic (exact) mass is 428 g/mol. The van der Waals surface area contributed by atoms with Gasteiger partial charge in [-0.15, -0.1) is 0 Å². The predicted molar refractivity (Wildman–Crippen MR) is 112 cm³/mol. The predicted octanol–water partition coefficient (Wildman–Crippen LogP) is 2.86. The molecule has 6 nitrogen and oxygen atoms in total. The topological polar surface area (TPSA) is 58.9 Å². The van der Waals surface area contributed by atoms with Crippen LogP contribution in [0.15, 0.2) is 39.6 Å². The van der Waals surface area contributed by atoms with Crippen LogP contribution in [0, 0.1) is 0 Å². The summed E-state index contributed by atoms with van der Waals surface area (Å²) in [6.45, 7) is 2.47. The van der Waals surface area contributed by atoms with Crippen LogP contribution in [0.3, 0.4) is 0 Å². The first-order chi connectivity index (χ1) is 13.0. The molecule has 2 aromatic carbocycles. The zero-order valence-electron chi connectivity index (χ0n) is 15.5. The first-order valence-electron chi connectivity index (χ1n) is 8.80. The van der Waals surface area contributed by atoms with Gasteiger partial charge in [-0.2, -0.15) is 5.10 Å². The van der Waals surface area contributed by atoms with E-state index in [9.17, 15) is 4.79 Å². The van der Waals surface area contributed by atoms with E-state index in [-0.39, 0.29) is 5.43 Å². The summed E-state index contributed by atoms with van der Waals surface area (Å²) in [5, 5.41) is 10.5. The van der Waals surface area contributed by atoms with Crippen LogP contribution in [0.1, 0.15) is 5.69 Å². The molecular weight excluding hydrogens is 408 g/mol. The number of aromatic nitrogens is 2. The van der Waals surface area contributed by atoms with E-state index in [1.165, 1.54) is 0 Å². The molecule has 7 heteroatoms. The van der Waals surface area contributed by atoms with Crippen molar-refractivity contribution < 1.29 is 4.74 Å². The largest absolute Gasteiger partial charge is 0.496 e. The molecule has 0 radical (unpaired) electrons. The van der Waals surface area contributed by atoms with Gasteiger partial charge in [0.2, 0.25) is 5.43 Å². The molecule has 2 heterocycles. The lowest BCUT2D eigenvalue weighted by molar-refractivity contribution is 0.399. The minimum atomic E-state index is -0.0422. The number of nitrogens with one attached hydrogen (secondary N) is 1. The summed E-state index contributed by atoms with van der Waals surface area (Å²) in [5.41, 5.74) is 2.49. The average Bonchev–Trinajstić information content (AvgIpc) is 3.02. The van der Waals surface area contributed by atoms with Crippen LogP contribution >= 0.6 is 15.9 Å². The number of nitrogens with zero attached hydrogens (tertiary/aromatic N) is 3. The summed E-state index contributed by atoms with van der Waals surface area (Å²) < 4.78 is 8.09. The lowest BCUT2D eigenvalue weighted by atomic mass is 10.1. The molecule has 0 aliphatic heterocycles. The van der Waals surface area contributed by atoms with Crippen molar-refractivity contribution in [2.24, 2.45) is 0 Å². The molecular formula is C20H21BrN4O2. The minimum Gasteiger partial charge on any atom is -0.496 e. The Labute approximate surface area is 165 Å². The molecule has 4 aromatic rings. The lowest BCUT2D eigenvalue weighted by Crippen LogP contribution is -2.26. The number of methoxy groups -OCH3 is 1. The third-order valence-electron chi connectivity index (χ3n) is 4.81. The van der Waals surface area contributed by atoms with E-state index in [1.807, 2.05) is 48.9 Å². The maximum Gasteiger partial charge on any atom is 0.202 e. The molecule has 140 valence electrons. The first-order valence-corrected chi connectivity index (χ1v) is 9.60. The van der Waals surface area contributed by atoms with E-state index < -0.39 is 0 Å². The van der Waals surface area contributed by atoms with Crippen molar-refractivity contribution in [1.29, 1.82) is 0 Å². The first kappa shape index (κ1) is 18.2. The van der Waals surface area contributed by atoms with Crippen molar-refractivity contribution >= 4 is 43.1 Å². The number of pyridine rings is 1. The molecule has 4 rings (SSSR count). The van der Waals surface area contributed by atoms with Crippen LogP contribution in [-0.2, 0) is 6.54 Å². The smallest absolute Gasteiger partial charge is 0.202 e. The van der Waals surface area contributed by atoms with E-state index in [2.05, 4.69) is 26.1 Å². The fourth-order valence-electron chi connectivity index (χ4n) is 3.49. The highest BCUT2D eigenvalue weighted by Gasteiger charge is 2.20. The summed E-state index contributed by atoms with van der Waals surface area (Å²) in [4.78, 5) is 15.4. The van der Waals surface area contributed by atoms with Crippen molar-refractivity contribution in [1.82, 2.24) is 19.8 Å². The summed E-state index contributed by atoms with van der Waals surface area (Å²) in [6, 6.07) is 9.55. The average molecular weight is 429 g/mol. The molecule has 0 amide bonds. The normalized spacial score (nSPS) is 12.0. The highest BCUT2D eigenvalue weighted by molar-refractivity contribution is 9.10. The van der Waals surface area contributed by atoms with Gasteiger partial charge in [0.15, 0.2) is 0 Å². The Kier molecular flexibility index (Phi) is 4.75. The third-order valence-corrected chi connectivity index (χ3v) is 5.47. The van der Waals surface area contributed by atoms with E-state index in [0.29, 0.717) is 23.1 Å². The van der Waals surface area contributed by atoms with Gasteiger partial charge in [-0.1, -0.05) is 6.07 Å². The van der Waals surface area contributed by atoms with Gasteiger partial charge < -0.3 is 15.0 Å². The Balaban J connectivity index is 1.96. The van der Waals surface area contributed by atoms with E-state index in [0.717, 1.165) is 39.7 Å². The highest BCUT2D eigenvalue weighted by Crippen LogP contribution is 2.33. The molecule has 2 aromatic heterocycles. The molecule has 0 atom stereocenters. The summed E-state index contributed by atoms with van der Waals surface area (Å²) in [6.07, 6.45) is 0. The Morgan fingerprint density at radius 1 is 1.22 bits per heavy atom. The van der Waals surface area contributed by atoms with Crippen molar-refractivity contribution in [3.8, 4) is 5.75 Å². The van der Waals surface area contributed by atoms with Crippen LogP contribution in [0.2, 0.25) is 0 Å². The number of likely N-dealkylation sites (N-methyl/N-ethyl adjacent to an activating group) is 1. The van der Waals surface area contributed by atoms with Crippen LogP contribution in [-0.4, -0.2) is 48.8 Å². The molecule has 0 aliphatic rings. The quantitative estimate of drug-likeness (QED) is 0.378. The molecule has 0 fully saturated rings. The van der Waals surface area contributed by atoms with Crippen LogP contribution < -0.4 is 15.5 Å². The van der Waals surface area contributed by atoms with Gasteiger partial charge in [-0.25, -0.2) is 4.52 Å². The number of fused-ring (bicyclic) bond motifs is 2. The number of benzene rings is 2. The Bertz CT molecular complexity index is 1190. The SMILES string of the molecule is COc1cccc2c1c(=O)c1c(Br)ccc3c(CNCCN(C)C)nn2c31. The van der Waals surface area contributed by atoms with Gasteiger partial charge in [0.25, 0.3) is 0 Å². The summed E-state index contributed by atoms with van der Waals surface area (Å²) in [5.74, 6) is 0.563. The van der Waals surface area contributed by atoms with Gasteiger partial charge in [-0.3, -0.25) is 4.79 Å². The van der Waals surface area contributed by atoms with Crippen LogP contribution in [0.4, 0.5) is 0 Å². The maximum atomic E-state index is 13.3. The molecule has 0 saturated heterocycles. The van der Waals surface area contributed by atoms with Gasteiger partial charge in [0.1, 0.15) is 5.75 Å². The molecule has 1 N–H and O–H groups in total. The second-order valence-electron chi connectivity index (χ2n) is 6.84. The number of hydrogen-bond donors (Lipinski definition) is 1. The van der Waals surface area contributed by atoms with Gasteiger partial charge >= 0.3 is 0 Å². The zero-order chi connectivity index (χ0) is 19.1. The maximum absolute atomic E-state index is 13.3. The highest BCUT2D eigenvalue weighted by atomic mass is 79.9. The van der Waals surface area contributed by atoms with Crippen LogP contribution in [0.5, 0.6) is 5.75 Å². The Morgan fingerprint density at radius 2 is 2.04 bits per heavy atom. The number of ether oxygens (including phenoxy) is 1. The minimum absolute atomic E-state index is 0.0422. The molecule has 0 unspecified atom stereocenters. The summed E-state index contributed by atoms with van der Waals surface area (Å²) in [7, 11) is 5.68. The number of hydrogen-bond acceptors (Lipinski definition) is 5. The lowest BCUT2D eigenvalue weighted by Gasteiger charge is -2.09. The molecule has 0 bridgehead atoms. The van der Waals surface area contributed by atoms with Crippen LogP contribution in [0.25, 0.3) is 27.2 Å². The number of rotatable bonds is 6. The van der Waals surface area contributed by atoms with Crippen molar-refractivity contribution in [3.63, 3.8) is 0 Å². The van der Waals surface area contributed by atoms with E-state index in [4.69, 9.17) is 9.84 Å². The van der Waals surface area contributed by atoms with E-state index >= 15 is 0 Å². The third kappa shape index (κ3) is 2.96. The second kappa shape index (κ2) is 7.07. The molecule has 27 heavy (non-hydrogen) atoms. The van der Waals surface area contributed by atoms with Crippen molar-refractivity contribution in [2.75, 3.05) is 34.3 Å². The number of halogens is 1. The molecule has 0 spiro atoms. The van der Waals surface area contributed by atoms with Crippen molar-refractivity contribution in [3.05, 3.63) is 50.7 Å². The van der Waals surface area contributed by atoms with Gasteiger partial charge in [0, 0.05) is 29.5 Å². The Morgan fingerprint density at radius 3 is 2.78 bits per heavy atom. The Hall–Kier alpha value is -2.22. The molecule has 0 aliphatic carbocycles. The van der Waals surface area contributed by atoms with Gasteiger partial charge in [0.05, 0.1) is 34.6 Å². The zero-order valence-corrected chi connectivity index (χ0v) is 17.1. The second-order valence-corrected chi connectivity index (χ2v) is 7.69. The fraction of sp³-hybridized carbons (Fsp3) is 0.300. The summed E-state index contributed by atoms with van der Waals surface area (Å²) >= 11 is 3.55. The molecule has 0 saturated carbocycles. The van der Waals surface area contributed by atoms with Crippen molar-refractivity contribution in [2.45, 2.75) is 6.54 Å². The fourth-order valence-corrected chi connectivity index (χ4v) is 3.99. The van der Waals surface area contributed by atoms with Gasteiger partial charge in [-0.05, 0) is 54.3 Å². The van der Waals surface area contributed by atoms with E-state index in [1.54, 1.807) is 7.11 Å².